The molecule has 2 N–H and O–H groups in total. The molecule has 0 aromatic heterocycles. The Bertz CT molecular complexity index is 591. The second-order valence-electron chi connectivity index (χ2n) is 4.01. The Morgan fingerprint density at radius 3 is 2.50 bits per heavy atom. The van der Waals surface area contributed by atoms with Crippen molar-refractivity contribution in [1.82, 2.24) is 0 Å². The van der Waals surface area contributed by atoms with Crippen LogP contribution in [0.25, 0.3) is 11.1 Å². The molecule has 0 saturated heterocycles. The highest BCUT2D eigenvalue weighted by Crippen LogP contribution is 2.38. The summed E-state index contributed by atoms with van der Waals surface area (Å²) < 4.78 is 26.4. The van der Waals surface area contributed by atoms with E-state index in [0.717, 1.165) is 22.3 Å². The summed E-state index contributed by atoms with van der Waals surface area (Å²) in [6.07, 6.45) is 0.618. The van der Waals surface area contributed by atoms with Crippen LogP contribution in [0.3, 0.4) is 0 Å². The molecule has 0 heterocycles. The third kappa shape index (κ3) is 1.21. The molecule has 1 nitrogen and oxygen atoms in total. The van der Waals surface area contributed by atoms with Crippen molar-refractivity contribution >= 4 is 5.69 Å². The third-order valence-corrected chi connectivity index (χ3v) is 2.96. The summed E-state index contributed by atoms with van der Waals surface area (Å²) >= 11 is 0. The molecule has 0 aliphatic heterocycles. The average Bonchev–Trinajstić information content (AvgIpc) is 2.55. The van der Waals surface area contributed by atoms with E-state index < -0.39 is 5.82 Å². The predicted octanol–water partition coefficient (Wildman–Crippen LogP) is 3.12. The van der Waals surface area contributed by atoms with Crippen molar-refractivity contribution in [3.05, 3.63) is 53.1 Å². The van der Waals surface area contributed by atoms with Gasteiger partial charge in [0.2, 0.25) is 0 Å². The quantitative estimate of drug-likeness (QED) is 0.575. The van der Waals surface area contributed by atoms with Crippen LogP contribution in [0.1, 0.15) is 11.1 Å². The highest BCUT2D eigenvalue weighted by Gasteiger charge is 2.20. The predicted molar refractivity (Wildman–Crippen MR) is 59.0 cm³/mol. The molecule has 1 aliphatic carbocycles. The Labute approximate surface area is 91.5 Å². The van der Waals surface area contributed by atoms with Crippen molar-refractivity contribution in [3.8, 4) is 11.1 Å². The van der Waals surface area contributed by atoms with Gasteiger partial charge in [-0.25, -0.2) is 8.78 Å². The van der Waals surface area contributed by atoms with Gasteiger partial charge < -0.3 is 5.73 Å². The van der Waals surface area contributed by atoms with E-state index in [1.54, 1.807) is 12.1 Å². The van der Waals surface area contributed by atoms with Gasteiger partial charge in [-0.1, -0.05) is 6.07 Å². The lowest BCUT2D eigenvalue weighted by Crippen LogP contribution is -1.92. The van der Waals surface area contributed by atoms with Crippen molar-refractivity contribution in [2.24, 2.45) is 0 Å². The van der Waals surface area contributed by atoms with E-state index in [2.05, 4.69) is 0 Å². The summed E-state index contributed by atoms with van der Waals surface area (Å²) in [4.78, 5) is 0. The Balaban J connectivity index is 2.25. The number of halogens is 2. The molecular formula is C13H9F2N. The van der Waals surface area contributed by atoms with Gasteiger partial charge in [-0.15, -0.1) is 0 Å². The molecule has 1 aliphatic rings. The topological polar surface area (TPSA) is 26.0 Å². The summed E-state index contributed by atoms with van der Waals surface area (Å²) in [6.45, 7) is 0. The van der Waals surface area contributed by atoms with Crippen LogP contribution in [0.15, 0.2) is 30.3 Å². The van der Waals surface area contributed by atoms with Crippen LogP contribution in [0.2, 0.25) is 0 Å². The van der Waals surface area contributed by atoms with Crippen molar-refractivity contribution < 1.29 is 8.78 Å². The van der Waals surface area contributed by atoms with E-state index >= 15 is 0 Å². The minimum absolute atomic E-state index is 0.145. The van der Waals surface area contributed by atoms with E-state index in [1.165, 1.54) is 18.2 Å². The Hall–Kier alpha value is -1.90. The maximum atomic E-state index is 13.3. The number of rotatable bonds is 0. The largest absolute Gasteiger partial charge is 0.396 e. The van der Waals surface area contributed by atoms with E-state index in [-0.39, 0.29) is 11.5 Å². The summed E-state index contributed by atoms with van der Waals surface area (Å²) in [5, 5.41) is 0. The Morgan fingerprint density at radius 1 is 0.938 bits per heavy atom. The number of nitrogen functional groups attached to an aromatic ring is 1. The highest BCUT2D eigenvalue weighted by molar-refractivity contribution is 5.78. The number of fused-ring (bicyclic) bond motifs is 3. The Morgan fingerprint density at radius 2 is 1.69 bits per heavy atom. The second kappa shape index (κ2) is 3.04. The second-order valence-corrected chi connectivity index (χ2v) is 4.01. The zero-order valence-electron chi connectivity index (χ0n) is 8.43. The molecule has 2 aromatic carbocycles. The molecule has 0 fully saturated rings. The standard InChI is InChI=1S/C13H9F2N/c14-9-1-2-10-7(4-9)3-8-5-13(16)12(15)6-11(8)10/h1-2,4-6H,3,16H2. The van der Waals surface area contributed by atoms with Crippen LogP contribution in [0.5, 0.6) is 0 Å². The first-order valence-electron chi connectivity index (χ1n) is 5.02. The molecule has 0 amide bonds. The molecule has 16 heavy (non-hydrogen) atoms. The molecule has 0 radical (unpaired) electrons. The Kier molecular flexibility index (Phi) is 1.78. The van der Waals surface area contributed by atoms with Gasteiger partial charge in [0.15, 0.2) is 0 Å². The first-order valence-corrected chi connectivity index (χ1v) is 5.02. The number of anilines is 1. The van der Waals surface area contributed by atoms with Crippen LogP contribution in [-0.2, 0) is 6.42 Å². The molecule has 2 aromatic rings. The van der Waals surface area contributed by atoms with Crippen LogP contribution in [0, 0.1) is 11.6 Å². The molecule has 80 valence electrons. The molecule has 3 heteroatoms. The molecule has 0 bridgehead atoms. The van der Waals surface area contributed by atoms with Gasteiger partial charge in [-0.2, -0.15) is 0 Å². The lowest BCUT2D eigenvalue weighted by Gasteiger charge is -2.03. The molecule has 0 unspecified atom stereocenters. The lowest BCUT2D eigenvalue weighted by atomic mass is 10.1. The minimum Gasteiger partial charge on any atom is -0.396 e. The number of hydrogen-bond acceptors (Lipinski definition) is 1. The smallest absolute Gasteiger partial charge is 0.146 e. The first kappa shape index (κ1) is 9.33. The first-order chi connectivity index (χ1) is 7.65. The zero-order valence-corrected chi connectivity index (χ0v) is 8.43. The summed E-state index contributed by atoms with van der Waals surface area (Å²) in [6, 6.07) is 7.62. The summed E-state index contributed by atoms with van der Waals surface area (Å²) in [7, 11) is 0. The van der Waals surface area contributed by atoms with Gasteiger partial charge in [0.05, 0.1) is 5.69 Å². The minimum atomic E-state index is -0.420. The van der Waals surface area contributed by atoms with Crippen LogP contribution >= 0.6 is 0 Å². The van der Waals surface area contributed by atoms with Gasteiger partial charge in [0.25, 0.3) is 0 Å². The molecular weight excluding hydrogens is 208 g/mol. The molecule has 3 rings (SSSR count). The van der Waals surface area contributed by atoms with Crippen LogP contribution < -0.4 is 5.73 Å². The van der Waals surface area contributed by atoms with Crippen molar-refractivity contribution in [3.63, 3.8) is 0 Å². The van der Waals surface area contributed by atoms with E-state index in [9.17, 15) is 8.78 Å². The highest BCUT2D eigenvalue weighted by atomic mass is 19.1. The van der Waals surface area contributed by atoms with E-state index in [0.29, 0.717) is 6.42 Å². The number of nitrogens with two attached hydrogens (primary N) is 1. The maximum Gasteiger partial charge on any atom is 0.146 e. The number of benzene rings is 2. The normalized spacial score (nSPS) is 12.4. The van der Waals surface area contributed by atoms with Crippen LogP contribution in [-0.4, -0.2) is 0 Å². The molecule has 0 saturated carbocycles. The van der Waals surface area contributed by atoms with Gasteiger partial charge in [0, 0.05) is 0 Å². The van der Waals surface area contributed by atoms with E-state index in [1.807, 2.05) is 0 Å². The summed E-state index contributed by atoms with van der Waals surface area (Å²) in [5.74, 6) is -0.684. The maximum absolute atomic E-state index is 13.3. The van der Waals surface area contributed by atoms with Gasteiger partial charge in [-0.3, -0.25) is 0 Å². The number of hydrogen-bond donors (Lipinski definition) is 1. The van der Waals surface area contributed by atoms with Crippen molar-refractivity contribution in [2.45, 2.75) is 6.42 Å². The summed E-state index contributed by atoms with van der Waals surface area (Å²) in [5.41, 5.74) is 9.22. The fourth-order valence-corrected chi connectivity index (χ4v) is 2.21. The van der Waals surface area contributed by atoms with E-state index in [4.69, 9.17) is 5.73 Å². The SMILES string of the molecule is Nc1cc2c(cc1F)-c1ccc(F)cc1C2. The lowest BCUT2D eigenvalue weighted by molar-refractivity contribution is 0.626. The third-order valence-electron chi connectivity index (χ3n) is 2.96. The van der Waals surface area contributed by atoms with Gasteiger partial charge >= 0.3 is 0 Å². The monoisotopic (exact) mass is 217 g/mol. The van der Waals surface area contributed by atoms with Gasteiger partial charge in [-0.05, 0) is 52.9 Å². The van der Waals surface area contributed by atoms with Crippen molar-refractivity contribution in [1.29, 1.82) is 0 Å². The van der Waals surface area contributed by atoms with Crippen molar-refractivity contribution in [2.75, 3.05) is 5.73 Å². The van der Waals surface area contributed by atoms with Gasteiger partial charge in [0.1, 0.15) is 11.6 Å². The molecule has 0 atom stereocenters. The fraction of sp³-hybridized carbons (Fsp3) is 0.0769. The van der Waals surface area contributed by atoms with Crippen LogP contribution in [0.4, 0.5) is 14.5 Å². The zero-order chi connectivity index (χ0) is 11.3. The average molecular weight is 217 g/mol. The fourth-order valence-electron chi connectivity index (χ4n) is 2.21. The molecule has 0 spiro atoms.